The summed E-state index contributed by atoms with van der Waals surface area (Å²) in [5.41, 5.74) is 3.64. The van der Waals surface area contributed by atoms with E-state index in [0.717, 1.165) is 31.5 Å². The molecule has 1 heterocycles. The van der Waals surface area contributed by atoms with Crippen molar-refractivity contribution in [2.45, 2.75) is 70.4 Å². The van der Waals surface area contributed by atoms with E-state index >= 15 is 0 Å². The number of halogens is 2. The van der Waals surface area contributed by atoms with Gasteiger partial charge in [0.25, 0.3) is 0 Å². The summed E-state index contributed by atoms with van der Waals surface area (Å²) in [7, 11) is 1.64. The standard InChI is InChI=1S/C30H36Cl2N2O4/c1-37-27-17-21(7-12-26(27)38-16-15-34-28(35)13-14-29(34)36)19-33(18-20-5-3-2-4-6-20)25-11-9-23-22(25)8-10-24(31)30(23)32/h7-8,10,12,17,20,25H,2-6,9,11,13-16,18-19H2,1H3/t25-/m0/s1. The van der Waals surface area contributed by atoms with E-state index in [0.29, 0.717) is 46.3 Å². The lowest BCUT2D eigenvalue weighted by molar-refractivity contribution is -0.138. The number of methoxy groups -OCH3 is 1. The molecule has 1 atom stereocenters. The zero-order chi connectivity index (χ0) is 26.6. The van der Waals surface area contributed by atoms with Gasteiger partial charge in [-0.15, -0.1) is 0 Å². The summed E-state index contributed by atoms with van der Waals surface area (Å²) in [5.74, 6) is 1.71. The van der Waals surface area contributed by atoms with Crippen molar-refractivity contribution in [2.24, 2.45) is 5.92 Å². The van der Waals surface area contributed by atoms with Gasteiger partial charge in [-0.2, -0.15) is 0 Å². The molecule has 0 unspecified atom stereocenters. The van der Waals surface area contributed by atoms with Crippen LogP contribution in [0.2, 0.25) is 10.0 Å². The van der Waals surface area contributed by atoms with Crippen molar-refractivity contribution in [3.8, 4) is 11.5 Å². The Bertz CT molecular complexity index is 1170. The van der Waals surface area contributed by atoms with Gasteiger partial charge >= 0.3 is 0 Å². The molecule has 204 valence electrons. The van der Waals surface area contributed by atoms with Crippen molar-refractivity contribution >= 4 is 35.0 Å². The van der Waals surface area contributed by atoms with E-state index in [9.17, 15) is 9.59 Å². The van der Waals surface area contributed by atoms with Crippen LogP contribution >= 0.6 is 23.2 Å². The van der Waals surface area contributed by atoms with Gasteiger partial charge < -0.3 is 9.47 Å². The summed E-state index contributed by atoms with van der Waals surface area (Å²) < 4.78 is 11.6. The molecule has 0 N–H and O–H groups in total. The van der Waals surface area contributed by atoms with E-state index in [4.69, 9.17) is 32.7 Å². The van der Waals surface area contributed by atoms with Crippen molar-refractivity contribution in [3.05, 3.63) is 57.1 Å². The molecule has 1 saturated heterocycles. The van der Waals surface area contributed by atoms with Crippen LogP contribution in [-0.2, 0) is 22.6 Å². The first kappa shape index (κ1) is 27.3. The van der Waals surface area contributed by atoms with Gasteiger partial charge in [0, 0.05) is 32.0 Å². The van der Waals surface area contributed by atoms with Crippen molar-refractivity contribution in [2.75, 3.05) is 26.8 Å². The summed E-state index contributed by atoms with van der Waals surface area (Å²) in [6, 6.07) is 10.4. The molecule has 8 heteroatoms. The third kappa shape index (κ3) is 5.98. The molecule has 2 aromatic carbocycles. The highest BCUT2D eigenvalue weighted by molar-refractivity contribution is 6.42. The number of carbonyl (C=O) groups is 2. The second kappa shape index (κ2) is 12.3. The Morgan fingerprint density at radius 1 is 0.947 bits per heavy atom. The van der Waals surface area contributed by atoms with Crippen LogP contribution in [0.4, 0.5) is 0 Å². The number of amides is 2. The van der Waals surface area contributed by atoms with Crippen LogP contribution in [0, 0.1) is 5.92 Å². The molecular weight excluding hydrogens is 523 g/mol. The lowest BCUT2D eigenvalue weighted by Crippen LogP contribution is -2.33. The molecule has 0 aromatic heterocycles. The van der Waals surface area contributed by atoms with Crippen LogP contribution in [0.5, 0.6) is 11.5 Å². The third-order valence-electron chi connectivity index (χ3n) is 8.26. The number of hydrogen-bond acceptors (Lipinski definition) is 5. The van der Waals surface area contributed by atoms with Crippen LogP contribution in [0.3, 0.4) is 0 Å². The predicted molar refractivity (Wildman–Crippen MR) is 149 cm³/mol. The van der Waals surface area contributed by atoms with Crippen molar-refractivity contribution in [3.63, 3.8) is 0 Å². The second-order valence-corrected chi connectivity index (χ2v) is 11.5. The lowest BCUT2D eigenvalue weighted by atomic mass is 9.88. The smallest absolute Gasteiger partial charge is 0.229 e. The molecule has 0 bridgehead atoms. The lowest BCUT2D eigenvalue weighted by Gasteiger charge is -2.34. The van der Waals surface area contributed by atoms with Gasteiger partial charge in [-0.25, -0.2) is 0 Å². The number of ether oxygens (including phenoxy) is 2. The molecule has 2 amide bonds. The minimum absolute atomic E-state index is 0.129. The number of carbonyl (C=O) groups excluding carboxylic acids is 2. The minimum atomic E-state index is -0.129. The molecule has 1 saturated carbocycles. The average molecular weight is 560 g/mol. The number of fused-ring (bicyclic) bond motifs is 1. The molecule has 38 heavy (non-hydrogen) atoms. The Kier molecular flexibility index (Phi) is 8.81. The molecule has 2 aliphatic carbocycles. The Morgan fingerprint density at radius 2 is 1.71 bits per heavy atom. The second-order valence-electron chi connectivity index (χ2n) is 10.7. The van der Waals surface area contributed by atoms with Crippen LogP contribution in [0.15, 0.2) is 30.3 Å². The summed E-state index contributed by atoms with van der Waals surface area (Å²) in [6.45, 7) is 2.35. The maximum atomic E-state index is 11.9. The number of rotatable bonds is 10. The number of nitrogens with zero attached hydrogens (tertiary/aromatic N) is 2. The quantitative estimate of drug-likeness (QED) is 0.307. The van der Waals surface area contributed by atoms with Crippen molar-refractivity contribution in [1.82, 2.24) is 9.80 Å². The molecule has 0 radical (unpaired) electrons. The maximum absolute atomic E-state index is 11.9. The Hall–Kier alpha value is -2.28. The summed E-state index contributed by atoms with van der Waals surface area (Å²) in [6.07, 6.45) is 9.11. The molecule has 2 aromatic rings. The normalized spacial score (nSPS) is 19.9. The summed E-state index contributed by atoms with van der Waals surface area (Å²) >= 11 is 12.9. The average Bonchev–Trinajstić information content (AvgIpc) is 3.50. The topological polar surface area (TPSA) is 59.1 Å². The van der Waals surface area contributed by atoms with Gasteiger partial charge in [0.05, 0.1) is 23.7 Å². The number of hydrogen-bond donors (Lipinski definition) is 0. The van der Waals surface area contributed by atoms with E-state index in [1.807, 2.05) is 18.2 Å². The highest BCUT2D eigenvalue weighted by Gasteiger charge is 2.32. The van der Waals surface area contributed by atoms with Crippen LogP contribution in [0.25, 0.3) is 0 Å². The molecule has 5 rings (SSSR count). The van der Waals surface area contributed by atoms with Crippen LogP contribution < -0.4 is 9.47 Å². The van der Waals surface area contributed by atoms with E-state index in [-0.39, 0.29) is 25.0 Å². The van der Waals surface area contributed by atoms with Gasteiger partial charge in [0.15, 0.2) is 11.5 Å². The molecule has 6 nitrogen and oxygen atoms in total. The van der Waals surface area contributed by atoms with Gasteiger partial charge in [0.2, 0.25) is 11.8 Å². The molecule has 0 spiro atoms. The summed E-state index contributed by atoms with van der Waals surface area (Å²) in [5, 5.41) is 1.33. The fourth-order valence-corrected chi connectivity index (χ4v) is 6.72. The Labute approximate surface area is 235 Å². The maximum Gasteiger partial charge on any atom is 0.229 e. The van der Waals surface area contributed by atoms with Crippen molar-refractivity contribution in [1.29, 1.82) is 0 Å². The summed E-state index contributed by atoms with van der Waals surface area (Å²) in [4.78, 5) is 27.6. The number of likely N-dealkylation sites (tertiary alicyclic amines) is 1. The van der Waals surface area contributed by atoms with Crippen LogP contribution in [0.1, 0.15) is 74.1 Å². The van der Waals surface area contributed by atoms with Crippen LogP contribution in [-0.4, -0.2) is 48.4 Å². The number of imide groups is 1. The first-order valence-electron chi connectivity index (χ1n) is 13.8. The third-order valence-corrected chi connectivity index (χ3v) is 9.10. The predicted octanol–water partition coefficient (Wildman–Crippen LogP) is 6.60. The van der Waals surface area contributed by atoms with E-state index in [2.05, 4.69) is 17.0 Å². The Balaban J connectivity index is 1.31. The molecular formula is C30H36Cl2N2O4. The number of benzene rings is 2. The fraction of sp³-hybridized carbons (Fsp3) is 0.533. The van der Waals surface area contributed by atoms with E-state index in [1.54, 1.807) is 7.11 Å². The van der Waals surface area contributed by atoms with Gasteiger partial charge in [-0.3, -0.25) is 19.4 Å². The zero-order valence-corrected chi connectivity index (χ0v) is 23.5. The fourth-order valence-electron chi connectivity index (χ4n) is 6.28. The van der Waals surface area contributed by atoms with Gasteiger partial charge in [-0.1, -0.05) is 54.6 Å². The van der Waals surface area contributed by atoms with E-state index in [1.165, 1.54) is 48.1 Å². The van der Waals surface area contributed by atoms with Gasteiger partial charge in [0.1, 0.15) is 6.61 Å². The van der Waals surface area contributed by atoms with Crippen molar-refractivity contribution < 1.29 is 19.1 Å². The van der Waals surface area contributed by atoms with Gasteiger partial charge in [-0.05, 0) is 66.5 Å². The zero-order valence-electron chi connectivity index (χ0n) is 22.0. The largest absolute Gasteiger partial charge is 0.493 e. The molecule has 2 fully saturated rings. The molecule has 1 aliphatic heterocycles. The monoisotopic (exact) mass is 558 g/mol. The first-order chi connectivity index (χ1) is 18.4. The minimum Gasteiger partial charge on any atom is -0.493 e. The highest BCUT2D eigenvalue weighted by atomic mass is 35.5. The van der Waals surface area contributed by atoms with E-state index < -0.39 is 0 Å². The highest BCUT2D eigenvalue weighted by Crippen LogP contribution is 2.43. The molecule has 3 aliphatic rings. The first-order valence-corrected chi connectivity index (χ1v) is 14.5. The Morgan fingerprint density at radius 3 is 2.45 bits per heavy atom. The SMILES string of the molecule is COc1cc(CN(CC2CCCCC2)[C@H]2CCc3c2ccc(Cl)c3Cl)ccc1OCCN1C(=O)CCC1=O.